The number of ether oxygens (including phenoxy) is 1. The van der Waals surface area contributed by atoms with E-state index in [1.165, 1.54) is 6.07 Å². The fourth-order valence-electron chi connectivity index (χ4n) is 2.90. The fourth-order valence-corrected chi connectivity index (χ4v) is 2.90. The number of aliphatic hydroxyl groups is 1. The van der Waals surface area contributed by atoms with E-state index in [4.69, 9.17) is 4.74 Å². The van der Waals surface area contributed by atoms with Gasteiger partial charge in [-0.1, -0.05) is 12.8 Å². The van der Waals surface area contributed by atoms with Crippen LogP contribution in [0.3, 0.4) is 0 Å². The Morgan fingerprint density at radius 3 is 2.83 bits per heavy atom. The molecule has 0 heterocycles. The SMILES string of the molecule is O=C(CCCOc1ccc(F)cc1F)NC1CCCCC1CO. The quantitative estimate of drug-likeness (QED) is 0.757. The predicted octanol–water partition coefficient (Wildman–Crippen LogP) is 2.79. The first kappa shape index (κ1) is 17.7. The summed E-state index contributed by atoms with van der Waals surface area (Å²) in [5.41, 5.74) is 0. The molecular weight excluding hydrogens is 304 g/mol. The average Bonchev–Trinajstić information content (AvgIpc) is 2.53. The molecule has 2 rings (SSSR count). The number of carbonyl (C=O) groups excluding carboxylic acids is 1. The van der Waals surface area contributed by atoms with E-state index in [9.17, 15) is 18.7 Å². The number of hydrogen-bond donors (Lipinski definition) is 2. The van der Waals surface area contributed by atoms with Gasteiger partial charge in [-0.15, -0.1) is 0 Å². The van der Waals surface area contributed by atoms with Crippen molar-refractivity contribution in [3.63, 3.8) is 0 Å². The van der Waals surface area contributed by atoms with Crippen LogP contribution < -0.4 is 10.1 Å². The van der Waals surface area contributed by atoms with Crippen molar-refractivity contribution < 1.29 is 23.4 Å². The topological polar surface area (TPSA) is 58.6 Å². The van der Waals surface area contributed by atoms with Crippen LogP contribution in [0.25, 0.3) is 0 Å². The summed E-state index contributed by atoms with van der Waals surface area (Å²) >= 11 is 0. The van der Waals surface area contributed by atoms with E-state index in [0.717, 1.165) is 37.8 Å². The third-order valence-electron chi connectivity index (χ3n) is 4.19. The number of hydrogen-bond acceptors (Lipinski definition) is 3. The van der Waals surface area contributed by atoms with Crippen LogP contribution >= 0.6 is 0 Å². The van der Waals surface area contributed by atoms with Crippen molar-refractivity contribution in [3.05, 3.63) is 29.8 Å². The van der Waals surface area contributed by atoms with Crippen molar-refractivity contribution in [2.75, 3.05) is 13.2 Å². The van der Waals surface area contributed by atoms with Crippen molar-refractivity contribution in [1.82, 2.24) is 5.32 Å². The molecule has 1 amide bonds. The molecule has 0 spiro atoms. The molecule has 6 heteroatoms. The summed E-state index contributed by atoms with van der Waals surface area (Å²) in [7, 11) is 0. The molecule has 1 aliphatic carbocycles. The molecule has 2 unspecified atom stereocenters. The number of nitrogens with one attached hydrogen (secondary N) is 1. The number of halogens is 2. The minimum absolute atomic E-state index is 0.0144. The molecule has 0 radical (unpaired) electrons. The fraction of sp³-hybridized carbons (Fsp3) is 0.588. The number of benzene rings is 1. The highest BCUT2D eigenvalue weighted by atomic mass is 19.1. The lowest BCUT2D eigenvalue weighted by Gasteiger charge is -2.30. The third-order valence-corrected chi connectivity index (χ3v) is 4.19. The maximum atomic E-state index is 13.4. The van der Waals surface area contributed by atoms with E-state index in [1.54, 1.807) is 0 Å². The Bertz CT molecular complexity index is 525. The summed E-state index contributed by atoms with van der Waals surface area (Å²) in [6, 6.07) is 3.17. The summed E-state index contributed by atoms with van der Waals surface area (Å²) in [5.74, 6) is -1.36. The molecule has 0 bridgehead atoms. The van der Waals surface area contributed by atoms with Gasteiger partial charge in [-0.05, 0) is 31.4 Å². The smallest absolute Gasteiger partial charge is 0.220 e. The van der Waals surface area contributed by atoms with Gasteiger partial charge in [-0.25, -0.2) is 8.78 Å². The van der Waals surface area contributed by atoms with Crippen molar-refractivity contribution in [1.29, 1.82) is 0 Å². The molecule has 4 nitrogen and oxygen atoms in total. The van der Waals surface area contributed by atoms with E-state index in [2.05, 4.69) is 5.32 Å². The minimum atomic E-state index is -0.748. The van der Waals surface area contributed by atoms with Gasteiger partial charge >= 0.3 is 0 Å². The zero-order chi connectivity index (χ0) is 16.7. The molecule has 1 fully saturated rings. The van der Waals surface area contributed by atoms with Gasteiger partial charge in [0.15, 0.2) is 11.6 Å². The zero-order valence-corrected chi connectivity index (χ0v) is 13.1. The van der Waals surface area contributed by atoms with Crippen LogP contribution in [0.5, 0.6) is 5.75 Å². The average molecular weight is 327 g/mol. The number of carbonyl (C=O) groups is 1. The second kappa shape index (κ2) is 8.82. The molecule has 0 aliphatic heterocycles. The Hall–Kier alpha value is -1.69. The number of aliphatic hydroxyl groups excluding tert-OH is 1. The van der Waals surface area contributed by atoms with Crippen LogP contribution in [0.15, 0.2) is 18.2 Å². The Morgan fingerprint density at radius 1 is 1.30 bits per heavy atom. The lowest BCUT2D eigenvalue weighted by molar-refractivity contribution is -0.122. The third kappa shape index (κ3) is 5.46. The Kier molecular flexibility index (Phi) is 6.77. The molecule has 2 atom stereocenters. The molecule has 0 aromatic heterocycles. The first-order valence-electron chi connectivity index (χ1n) is 8.08. The monoisotopic (exact) mass is 327 g/mol. The zero-order valence-electron chi connectivity index (χ0n) is 13.1. The Labute approximate surface area is 134 Å². The summed E-state index contributed by atoms with van der Waals surface area (Å²) in [4.78, 5) is 11.9. The molecule has 23 heavy (non-hydrogen) atoms. The van der Waals surface area contributed by atoms with Gasteiger partial charge < -0.3 is 15.2 Å². The maximum absolute atomic E-state index is 13.4. The molecule has 2 N–H and O–H groups in total. The van der Waals surface area contributed by atoms with Crippen molar-refractivity contribution >= 4 is 5.91 Å². The first-order valence-corrected chi connectivity index (χ1v) is 8.08. The van der Waals surface area contributed by atoms with Crippen LogP contribution in [-0.4, -0.2) is 30.3 Å². The Balaban J connectivity index is 1.68. The van der Waals surface area contributed by atoms with Crippen molar-refractivity contribution in [2.45, 2.75) is 44.6 Å². The van der Waals surface area contributed by atoms with Gasteiger partial charge in [0.25, 0.3) is 0 Å². The van der Waals surface area contributed by atoms with E-state index in [1.807, 2.05) is 0 Å². The maximum Gasteiger partial charge on any atom is 0.220 e. The highest BCUT2D eigenvalue weighted by molar-refractivity contribution is 5.76. The highest BCUT2D eigenvalue weighted by Gasteiger charge is 2.25. The van der Waals surface area contributed by atoms with Crippen molar-refractivity contribution in [3.8, 4) is 5.75 Å². The molecule has 1 saturated carbocycles. The summed E-state index contributed by atoms with van der Waals surface area (Å²) in [5, 5.41) is 12.3. The second-order valence-corrected chi connectivity index (χ2v) is 5.93. The van der Waals surface area contributed by atoms with Crippen LogP contribution in [0.4, 0.5) is 8.78 Å². The van der Waals surface area contributed by atoms with Gasteiger partial charge in [0, 0.05) is 31.1 Å². The summed E-state index contributed by atoms with van der Waals surface area (Å²) in [6.45, 7) is 0.280. The molecule has 1 aliphatic rings. The summed E-state index contributed by atoms with van der Waals surface area (Å²) < 4.78 is 31.3. The predicted molar refractivity (Wildman–Crippen MR) is 82.1 cm³/mol. The molecule has 128 valence electrons. The van der Waals surface area contributed by atoms with Gasteiger partial charge in [-0.3, -0.25) is 4.79 Å². The molecular formula is C17H23F2NO3. The molecule has 0 saturated heterocycles. The number of rotatable bonds is 7. The van der Waals surface area contributed by atoms with Gasteiger partial charge in [0.1, 0.15) is 5.82 Å². The van der Waals surface area contributed by atoms with Crippen LogP contribution in [0.2, 0.25) is 0 Å². The van der Waals surface area contributed by atoms with Gasteiger partial charge in [0.2, 0.25) is 5.91 Å². The minimum Gasteiger partial charge on any atom is -0.491 e. The molecule has 1 aromatic carbocycles. The normalized spacial score (nSPS) is 21.0. The van der Waals surface area contributed by atoms with Gasteiger partial charge in [0.05, 0.1) is 6.61 Å². The van der Waals surface area contributed by atoms with E-state index < -0.39 is 11.6 Å². The molecule has 1 aromatic rings. The van der Waals surface area contributed by atoms with Crippen LogP contribution in [0, 0.1) is 17.6 Å². The van der Waals surface area contributed by atoms with E-state index >= 15 is 0 Å². The van der Waals surface area contributed by atoms with Crippen LogP contribution in [-0.2, 0) is 4.79 Å². The summed E-state index contributed by atoms with van der Waals surface area (Å²) in [6.07, 6.45) is 4.71. The second-order valence-electron chi connectivity index (χ2n) is 5.93. The van der Waals surface area contributed by atoms with E-state index in [0.29, 0.717) is 6.42 Å². The lowest BCUT2D eigenvalue weighted by Crippen LogP contribution is -2.43. The van der Waals surface area contributed by atoms with Crippen LogP contribution in [0.1, 0.15) is 38.5 Å². The van der Waals surface area contributed by atoms with E-state index in [-0.39, 0.29) is 43.3 Å². The van der Waals surface area contributed by atoms with Crippen molar-refractivity contribution in [2.24, 2.45) is 5.92 Å². The lowest BCUT2D eigenvalue weighted by atomic mass is 9.85. The standard InChI is InChI=1S/C17H23F2NO3/c18-13-7-8-16(14(19)10-13)23-9-3-6-17(22)20-15-5-2-1-4-12(15)11-21/h7-8,10,12,15,21H,1-6,9,11H2,(H,20,22). The Morgan fingerprint density at radius 2 is 2.09 bits per heavy atom. The first-order chi connectivity index (χ1) is 11.1. The van der Waals surface area contributed by atoms with Gasteiger partial charge in [-0.2, -0.15) is 0 Å². The largest absolute Gasteiger partial charge is 0.491 e. The highest BCUT2D eigenvalue weighted by Crippen LogP contribution is 2.24. The number of amides is 1.